The number of aliphatic hydroxyl groups is 1. The normalized spacial score (nSPS) is 33.5. The second kappa shape index (κ2) is 10.5. The second-order valence-electron chi connectivity index (χ2n) is 11.5. The van der Waals surface area contributed by atoms with Gasteiger partial charge < -0.3 is 24.5 Å². The molecule has 1 aromatic carbocycles. The molecule has 2 unspecified atom stereocenters. The van der Waals surface area contributed by atoms with E-state index in [9.17, 15) is 19.5 Å². The Morgan fingerprint density at radius 2 is 1.72 bits per heavy atom. The number of ether oxygens (including phenoxy) is 1. The standard InChI is InChI=1S/C31H41N3O5/c1-5-12-21(3)33-18-11-16-31-25(24-27(36)32(4)17-10-15-30(24,6-2)39-31)28(37)34(26(31)29(33)38)23(20-35)19-22-13-8-7-9-14-22/h7-11,13-16,21,23-26,35H,5-6,12,17-20H2,1-4H3/t21?,23-,24-,25+,26?,30+,31+/m1/s1. The molecule has 4 aliphatic rings. The lowest BCUT2D eigenvalue weighted by atomic mass is 9.73. The van der Waals surface area contributed by atoms with Gasteiger partial charge in [-0.25, -0.2) is 0 Å². The number of hydrogen-bond donors (Lipinski definition) is 1. The minimum Gasteiger partial charge on any atom is -0.394 e. The summed E-state index contributed by atoms with van der Waals surface area (Å²) in [4.78, 5) is 48.1. The third-order valence-electron chi connectivity index (χ3n) is 9.27. The molecular formula is C31H41N3O5. The number of likely N-dealkylation sites (tertiary alicyclic amines) is 1. The van der Waals surface area contributed by atoms with E-state index in [4.69, 9.17) is 4.74 Å². The van der Waals surface area contributed by atoms with Crippen LogP contribution in [0.25, 0.3) is 0 Å². The van der Waals surface area contributed by atoms with E-state index in [-0.39, 0.29) is 30.4 Å². The molecule has 5 rings (SSSR count). The maximum absolute atomic E-state index is 14.6. The molecule has 3 amide bonds. The van der Waals surface area contributed by atoms with Crippen molar-refractivity contribution in [1.82, 2.24) is 14.7 Å². The van der Waals surface area contributed by atoms with Gasteiger partial charge in [-0.15, -0.1) is 0 Å². The summed E-state index contributed by atoms with van der Waals surface area (Å²) >= 11 is 0. The van der Waals surface area contributed by atoms with Crippen LogP contribution < -0.4 is 0 Å². The average molecular weight is 536 g/mol. The molecule has 0 saturated carbocycles. The van der Waals surface area contributed by atoms with Gasteiger partial charge in [-0.05, 0) is 31.7 Å². The van der Waals surface area contributed by atoms with Crippen molar-refractivity contribution in [2.45, 2.75) is 75.8 Å². The molecule has 0 aliphatic carbocycles. The van der Waals surface area contributed by atoms with Gasteiger partial charge in [0.1, 0.15) is 11.6 Å². The number of hydrogen-bond acceptors (Lipinski definition) is 5. The SMILES string of the molecule is CCCC(C)N1CC=C[C@]23O[C@@]4(CC)C=CCN(C)C(=O)[C@H]4[C@H]2C(=O)N([C@@H](CO)Cc2ccccc2)C3C1=O. The van der Waals surface area contributed by atoms with E-state index in [0.717, 1.165) is 18.4 Å². The second-order valence-corrected chi connectivity index (χ2v) is 11.5. The van der Waals surface area contributed by atoms with Crippen LogP contribution in [-0.4, -0.2) is 93.6 Å². The zero-order valence-corrected chi connectivity index (χ0v) is 23.5. The fraction of sp³-hybridized carbons (Fsp3) is 0.581. The van der Waals surface area contributed by atoms with Gasteiger partial charge in [0.25, 0.3) is 0 Å². The summed E-state index contributed by atoms with van der Waals surface area (Å²) in [6.07, 6.45) is 10.3. The zero-order chi connectivity index (χ0) is 27.9. The van der Waals surface area contributed by atoms with Gasteiger partial charge in [0.15, 0.2) is 0 Å². The molecular weight excluding hydrogens is 494 g/mol. The number of carbonyl (C=O) groups excluding carboxylic acids is 3. The molecule has 1 spiro atoms. The molecule has 2 saturated heterocycles. The van der Waals surface area contributed by atoms with Crippen molar-refractivity contribution >= 4 is 17.7 Å². The van der Waals surface area contributed by atoms with Crippen LogP contribution in [0.4, 0.5) is 0 Å². The summed E-state index contributed by atoms with van der Waals surface area (Å²) in [7, 11) is 1.74. The van der Waals surface area contributed by atoms with Gasteiger partial charge in [0.05, 0.1) is 30.1 Å². The maximum Gasteiger partial charge on any atom is 0.249 e. The highest BCUT2D eigenvalue weighted by Crippen LogP contribution is 2.59. The lowest BCUT2D eigenvalue weighted by Gasteiger charge is -2.41. The summed E-state index contributed by atoms with van der Waals surface area (Å²) in [5.41, 5.74) is -1.34. The highest BCUT2D eigenvalue weighted by molar-refractivity contribution is 6.00. The molecule has 2 fully saturated rings. The number of likely N-dealkylation sites (N-methyl/N-ethyl adjacent to an activating group) is 1. The van der Waals surface area contributed by atoms with Crippen LogP contribution in [0.2, 0.25) is 0 Å². The van der Waals surface area contributed by atoms with Crippen molar-refractivity contribution in [2.24, 2.45) is 11.8 Å². The molecule has 1 N–H and O–H groups in total. The fourth-order valence-electron chi connectivity index (χ4n) is 7.34. The molecule has 8 nitrogen and oxygen atoms in total. The van der Waals surface area contributed by atoms with Crippen LogP contribution in [0.5, 0.6) is 0 Å². The predicted octanol–water partition coefficient (Wildman–Crippen LogP) is 2.57. The molecule has 0 radical (unpaired) electrons. The van der Waals surface area contributed by atoms with Crippen LogP contribution >= 0.6 is 0 Å². The monoisotopic (exact) mass is 535 g/mol. The largest absolute Gasteiger partial charge is 0.394 e. The van der Waals surface area contributed by atoms with Crippen molar-refractivity contribution in [3.63, 3.8) is 0 Å². The minimum atomic E-state index is -1.31. The summed E-state index contributed by atoms with van der Waals surface area (Å²) in [5.74, 6) is -2.26. The molecule has 4 heterocycles. The smallest absolute Gasteiger partial charge is 0.249 e. The highest BCUT2D eigenvalue weighted by atomic mass is 16.5. The van der Waals surface area contributed by atoms with E-state index in [0.29, 0.717) is 25.9 Å². The Morgan fingerprint density at radius 1 is 1.00 bits per heavy atom. The summed E-state index contributed by atoms with van der Waals surface area (Å²) in [5, 5.41) is 10.6. The van der Waals surface area contributed by atoms with Gasteiger partial charge in [-0.2, -0.15) is 0 Å². The molecule has 1 aromatic rings. The number of benzene rings is 1. The lowest BCUT2D eigenvalue weighted by Crippen LogP contribution is -2.60. The van der Waals surface area contributed by atoms with E-state index in [1.165, 1.54) is 0 Å². The third kappa shape index (κ3) is 4.23. The highest BCUT2D eigenvalue weighted by Gasteiger charge is 2.75. The van der Waals surface area contributed by atoms with Gasteiger partial charge in [0, 0.05) is 26.2 Å². The molecule has 210 valence electrons. The van der Waals surface area contributed by atoms with Gasteiger partial charge in [0.2, 0.25) is 17.7 Å². The number of carbonyl (C=O) groups is 3. The molecule has 7 atom stereocenters. The van der Waals surface area contributed by atoms with Crippen molar-refractivity contribution in [2.75, 3.05) is 26.7 Å². The van der Waals surface area contributed by atoms with Crippen LogP contribution in [-0.2, 0) is 25.5 Å². The maximum atomic E-state index is 14.6. The molecule has 8 heteroatoms. The van der Waals surface area contributed by atoms with E-state index < -0.39 is 35.1 Å². The van der Waals surface area contributed by atoms with Crippen molar-refractivity contribution in [3.05, 3.63) is 60.2 Å². The Kier molecular flexibility index (Phi) is 7.46. The number of fused-ring (bicyclic) bond motifs is 2. The van der Waals surface area contributed by atoms with Crippen molar-refractivity contribution in [1.29, 1.82) is 0 Å². The summed E-state index contributed by atoms with van der Waals surface area (Å²) in [6, 6.07) is 8.03. The quantitative estimate of drug-likeness (QED) is 0.517. The van der Waals surface area contributed by atoms with Crippen LogP contribution in [0.15, 0.2) is 54.6 Å². The number of nitrogens with zero attached hydrogens (tertiary/aromatic N) is 3. The first-order valence-corrected chi connectivity index (χ1v) is 14.3. The van der Waals surface area contributed by atoms with E-state index in [1.54, 1.807) is 16.8 Å². The van der Waals surface area contributed by atoms with Crippen molar-refractivity contribution in [3.8, 4) is 0 Å². The Hall–Kier alpha value is -2.97. The molecule has 0 bridgehead atoms. The Labute approximate surface area is 231 Å². The van der Waals surface area contributed by atoms with Crippen LogP contribution in [0, 0.1) is 11.8 Å². The van der Waals surface area contributed by atoms with Crippen LogP contribution in [0.3, 0.4) is 0 Å². The van der Waals surface area contributed by atoms with E-state index in [1.807, 2.05) is 73.4 Å². The van der Waals surface area contributed by atoms with Gasteiger partial charge in [-0.3, -0.25) is 14.4 Å². The number of amides is 3. The fourth-order valence-corrected chi connectivity index (χ4v) is 7.34. The molecule has 4 aliphatic heterocycles. The minimum absolute atomic E-state index is 0.0281. The van der Waals surface area contributed by atoms with Gasteiger partial charge >= 0.3 is 0 Å². The molecule has 39 heavy (non-hydrogen) atoms. The average Bonchev–Trinajstić information content (AvgIpc) is 3.24. The zero-order valence-electron chi connectivity index (χ0n) is 23.5. The number of rotatable bonds is 8. The third-order valence-corrected chi connectivity index (χ3v) is 9.27. The lowest BCUT2D eigenvalue weighted by molar-refractivity contribution is -0.158. The Bertz CT molecular complexity index is 1170. The Morgan fingerprint density at radius 3 is 2.38 bits per heavy atom. The van der Waals surface area contributed by atoms with E-state index in [2.05, 4.69) is 6.92 Å². The Balaban J connectivity index is 1.67. The first kappa shape index (κ1) is 27.6. The first-order chi connectivity index (χ1) is 18.7. The van der Waals surface area contributed by atoms with Crippen LogP contribution in [0.1, 0.15) is 45.6 Å². The van der Waals surface area contributed by atoms with E-state index >= 15 is 0 Å². The number of aliphatic hydroxyl groups excluding tert-OH is 1. The predicted molar refractivity (Wildman–Crippen MR) is 147 cm³/mol. The topological polar surface area (TPSA) is 90.4 Å². The molecule has 0 aromatic heterocycles. The summed E-state index contributed by atoms with van der Waals surface area (Å²) in [6.45, 7) is 6.63. The summed E-state index contributed by atoms with van der Waals surface area (Å²) < 4.78 is 6.99. The van der Waals surface area contributed by atoms with Gasteiger partial charge in [-0.1, -0.05) is 74.9 Å². The van der Waals surface area contributed by atoms with Crippen molar-refractivity contribution < 1.29 is 24.2 Å². The first-order valence-electron chi connectivity index (χ1n) is 14.3.